The molecule has 0 fully saturated rings. The molecule has 0 aliphatic rings. The molecule has 1 aromatic carbocycles. The van der Waals surface area contributed by atoms with Crippen LogP contribution in [-0.2, 0) is 23.5 Å². The maximum atomic E-state index is 12.4. The molecule has 0 atom stereocenters. The number of rotatable bonds is 5. The van der Waals surface area contributed by atoms with Gasteiger partial charge >= 0.3 is 0 Å². The van der Waals surface area contributed by atoms with Gasteiger partial charge < -0.3 is 0 Å². The fourth-order valence-corrected chi connectivity index (χ4v) is 3.92. The normalized spacial score (nSPS) is 11.9. The van der Waals surface area contributed by atoms with Crippen LogP contribution in [0.3, 0.4) is 0 Å². The highest BCUT2D eigenvalue weighted by Crippen LogP contribution is 2.17. The lowest BCUT2D eigenvalue weighted by Gasteiger charge is -2.10. The second-order valence-electron chi connectivity index (χ2n) is 5.69. The maximum Gasteiger partial charge on any atom is 0.240 e. The minimum absolute atomic E-state index is 0.354. The smallest absolute Gasteiger partial charge is 0.240 e. The number of aromatic nitrogens is 2. The first-order valence-electron chi connectivity index (χ1n) is 7.28. The van der Waals surface area contributed by atoms with E-state index < -0.39 is 10.0 Å². The molecule has 2 aromatic rings. The number of benzene rings is 1. The predicted molar refractivity (Wildman–Crippen MR) is 87.5 cm³/mol. The molecule has 5 nitrogen and oxygen atoms in total. The Morgan fingerprint density at radius 3 is 2.45 bits per heavy atom. The van der Waals surface area contributed by atoms with Crippen molar-refractivity contribution in [3.8, 4) is 0 Å². The van der Waals surface area contributed by atoms with E-state index in [1.54, 1.807) is 6.07 Å². The van der Waals surface area contributed by atoms with E-state index >= 15 is 0 Å². The molecule has 0 amide bonds. The van der Waals surface area contributed by atoms with Gasteiger partial charge in [0.15, 0.2) is 0 Å². The highest BCUT2D eigenvalue weighted by atomic mass is 32.2. The topological polar surface area (TPSA) is 64.0 Å². The van der Waals surface area contributed by atoms with Crippen molar-refractivity contribution in [3.05, 3.63) is 46.3 Å². The molecule has 1 heterocycles. The minimum atomic E-state index is -3.48. The lowest BCUT2D eigenvalue weighted by Crippen LogP contribution is -2.27. The molecule has 22 heavy (non-hydrogen) atoms. The van der Waals surface area contributed by atoms with Gasteiger partial charge in [-0.3, -0.25) is 4.68 Å². The molecule has 0 unspecified atom stereocenters. The van der Waals surface area contributed by atoms with E-state index in [1.807, 2.05) is 51.6 Å². The number of hydrogen-bond donors (Lipinski definition) is 1. The standard InChI is InChI=1S/C16H23N3O2S/c1-11-6-7-12(2)16(10-11)22(20,21)17-9-8-15-13(3)18-19(5)14(15)4/h6-7,10,17H,8-9H2,1-5H3. The summed E-state index contributed by atoms with van der Waals surface area (Å²) < 4.78 is 29.4. The van der Waals surface area contributed by atoms with Gasteiger partial charge in [-0.1, -0.05) is 12.1 Å². The average Bonchev–Trinajstić information content (AvgIpc) is 2.67. The summed E-state index contributed by atoms with van der Waals surface area (Å²) in [5, 5.41) is 4.35. The second kappa shape index (κ2) is 6.22. The zero-order chi connectivity index (χ0) is 16.5. The highest BCUT2D eigenvalue weighted by Gasteiger charge is 2.17. The van der Waals surface area contributed by atoms with Crippen LogP contribution >= 0.6 is 0 Å². The SMILES string of the molecule is Cc1ccc(C)c(S(=O)(=O)NCCc2c(C)nn(C)c2C)c1. The van der Waals surface area contributed by atoms with Crippen molar-refractivity contribution in [2.75, 3.05) is 6.54 Å². The summed E-state index contributed by atoms with van der Waals surface area (Å²) in [6.45, 7) is 8.00. The van der Waals surface area contributed by atoms with Gasteiger partial charge in [0.05, 0.1) is 10.6 Å². The molecule has 120 valence electrons. The van der Waals surface area contributed by atoms with Gasteiger partial charge in [0, 0.05) is 19.3 Å². The molecular weight excluding hydrogens is 298 g/mol. The van der Waals surface area contributed by atoms with E-state index in [4.69, 9.17) is 0 Å². The second-order valence-corrected chi connectivity index (χ2v) is 7.43. The quantitative estimate of drug-likeness (QED) is 0.918. The summed E-state index contributed by atoms with van der Waals surface area (Å²) in [4.78, 5) is 0.354. The molecule has 2 rings (SSSR count). The van der Waals surface area contributed by atoms with E-state index in [0.717, 1.165) is 28.1 Å². The first-order valence-corrected chi connectivity index (χ1v) is 8.76. The van der Waals surface area contributed by atoms with Gasteiger partial charge in [-0.2, -0.15) is 5.10 Å². The first-order chi connectivity index (χ1) is 10.2. The Balaban J connectivity index is 2.12. The third kappa shape index (κ3) is 3.39. The van der Waals surface area contributed by atoms with Gasteiger partial charge in [-0.15, -0.1) is 0 Å². The monoisotopic (exact) mass is 321 g/mol. The Morgan fingerprint density at radius 2 is 1.86 bits per heavy atom. The average molecular weight is 321 g/mol. The van der Waals surface area contributed by atoms with Gasteiger partial charge in [-0.05, 0) is 56.9 Å². The van der Waals surface area contributed by atoms with Crippen molar-refractivity contribution in [2.45, 2.75) is 39.0 Å². The Kier molecular flexibility index (Phi) is 4.72. The molecule has 0 spiro atoms. The predicted octanol–water partition coefficient (Wildman–Crippen LogP) is 2.17. The van der Waals surface area contributed by atoms with Crippen molar-refractivity contribution < 1.29 is 8.42 Å². The van der Waals surface area contributed by atoms with Crippen LogP contribution in [0.25, 0.3) is 0 Å². The van der Waals surface area contributed by atoms with E-state index in [-0.39, 0.29) is 0 Å². The summed E-state index contributed by atoms with van der Waals surface area (Å²) >= 11 is 0. The molecule has 0 bridgehead atoms. The number of hydrogen-bond acceptors (Lipinski definition) is 3. The van der Waals surface area contributed by atoms with Crippen LogP contribution in [0.2, 0.25) is 0 Å². The van der Waals surface area contributed by atoms with Crippen LogP contribution in [0.15, 0.2) is 23.1 Å². The van der Waals surface area contributed by atoms with Gasteiger partial charge in [0.2, 0.25) is 10.0 Å². The number of aryl methyl sites for hydroxylation is 4. The van der Waals surface area contributed by atoms with Crippen molar-refractivity contribution in [1.82, 2.24) is 14.5 Å². The van der Waals surface area contributed by atoms with Crippen LogP contribution in [0.1, 0.15) is 28.1 Å². The number of nitrogens with one attached hydrogen (secondary N) is 1. The Labute approximate surface area is 132 Å². The summed E-state index contributed by atoms with van der Waals surface area (Å²) in [6, 6.07) is 5.45. The van der Waals surface area contributed by atoms with Crippen LogP contribution in [-0.4, -0.2) is 24.7 Å². The largest absolute Gasteiger partial charge is 0.272 e. The molecule has 0 saturated carbocycles. The summed E-state index contributed by atoms with van der Waals surface area (Å²) in [7, 11) is -1.58. The number of sulfonamides is 1. The van der Waals surface area contributed by atoms with Gasteiger partial charge in [0.1, 0.15) is 0 Å². The molecule has 1 N–H and O–H groups in total. The molecule has 0 aliphatic carbocycles. The Morgan fingerprint density at radius 1 is 1.18 bits per heavy atom. The summed E-state index contributed by atoms with van der Waals surface area (Å²) in [5.74, 6) is 0. The zero-order valence-corrected chi connectivity index (χ0v) is 14.6. The molecule has 6 heteroatoms. The molecule has 0 radical (unpaired) electrons. The lowest BCUT2D eigenvalue weighted by molar-refractivity contribution is 0.580. The third-order valence-electron chi connectivity index (χ3n) is 3.96. The first kappa shape index (κ1) is 16.7. The molecular formula is C16H23N3O2S. The highest BCUT2D eigenvalue weighted by molar-refractivity contribution is 7.89. The van der Waals surface area contributed by atoms with E-state index in [0.29, 0.717) is 17.9 Å². The van der Waals surface area contributed by atoms with Crippen molar-refractivity contribution in [2.24, 2.45) is 7.05 Å². The Hall–Kier alpha value is -1.66. The van der Waals surface area contributed by atoms with Gasteiger partial charge in [-0.25, -0.2) is 13.1 Å². The van der Waals surface area contributed by atoms with Crippen LogP contribution in [0.5, 0.6) is 0 Å². The van der Waals surface area contributed by atoms with Gasteiger partial charge in [0.25, 0.3) is 0 Å². The van der Waals surface area contributed by atoms with Crippen LogP contribution in [0.4, 0.5) is 0 Å². The Bertz CT molecular complexity index is 792. The van der Waals surface area contributed by atoms with E-state index in [2.05, 4.69) is 9.82 Å². The summed E-state index contributed by atoms with van der Waals surface area (Å²) in [6.07, 6.45) is 0.635. The maximum absolute atomic E-state index is 12.4. The fraction of sp³-hybridized carbons (Fsp3) is 0.438. The summed E-state index contributed by atoms with van der Waals surface area (Å²) in [5.41, 5.74) is 4.82. The molecule has 0 aliphatic heterocycles. The zero-order valence-electron chi connectivity index (χ0n) is 13.8. The number of nitrogens with zero attached hydrogens (tertiary/aromatic N) is 2. The fourth-order valence-electron chi connectivity index (χ4n) is 2.56. The lowest BCUT2D eigenvalue weighted by atomic mass is 10.1. The van der Waals surface area contributed by atoms with E-state index in [1.165, 1.54) is 0 Å². The van der Waals surface area contributed by atoms with Crippen molar-refractivity contribution in [3.63, 3.8) is 0 Å². The molecule has 0 saturated heterocycles. The van der Waals surface area contributed by atoms with E-state index in [9.17, 15) is 8.42 Å². The molecule has 1 aromatic heterocycles. The van der Waals surface area contributed by atoms with Crippen LogP contribution < -0.4 is 4.72 Å². The minimum Gasteiger partial charge on any atom is -0.272 e. The van der Waals surface area contributed by atoms with Crippen molar-refractivity contribution >= 4 is 10.0 Å². The van der Waals surface area contributed by atoms with Crippen molar-refractivity contribution in [1.29, 1.82) is 0 Å². The van der Waals surface area contributed by atoms with Crippen LogP contribution in [0, 0.1) is 27.7 Å². The third-order valence-corrected chi connectivity index (χ3v) is 5.56.